The summed E-state index contributed by atoms with van der Waals surface area (Å²) < 4.78 is 0. The van der Waals surface area contributed by atoms with Crippen molar-refractivity contribution in [3.8, 4) is 0 Å². The van der Waals surface area contributed by atoms with Gasteiger partial charge in [0, 0.05) is 11.3 Å². The fraction of sp³-hybridized carbons (Fsp3) is 0.714. The van der Waals surface area contributed by atoms with E-state index in [1.807, 2.05) is 24.2 Å². The normalized spacial score (nSPS) is 33.4. The van der Waals surface area contributed by atoms with Gasteiger partial charge in [0.05, 0.1) is 0 Å². The first-order chi connectivity index (χ1) is 4.38. The molecule has 2 heteroatoms. The smallest absolute Gasteiger partial charge is 0.0242 e. The molecule has 2 atom stereocenters. The maximum Gasteiger partial charge on any atom is 0.0242 e. The minimum atomic E-state index is 0.744. The highest BCUT2D eigenvalue weighted by molar-refractivity contribution is 8.02. The number of thioether (sulfide) groups is 1. The Bertz CT molecular complexity index is 101. The van der Waals surface area contributed by atoms with Gasteiger partial charge in [-0.15, -0.1) is 11.8 Å². The summed E-state index contributed by atoms with van der Waals surface area (Å²) in [6.45, 7) is 3.69. The number of hydrogen-bond acceptors (Lipinski definition) is 2. The van der Waals surface area contributed by atoms with Gasteiger partial charge in [-0.2, -0.15) is 0 Å². The lowest BCUT2D eigenvalue weighted by atomic mass is 9.93. The summed E-state index contributed by atoms with van der Waals surface area (Å²) >= 11 is 1.85. The van der Waals surface area contributed by atoms with Gasteiger partial charge in [0.2, 0.25) is 0 Å². The zero-order chi connectivity index (χ0) is 6.69. The van der Waals surface area contributed by atoms with E-state index >= 15 is 0 Å². The van der Waals surface area contributed by atoms with E-state index in [1.54, 1.807) is 0 Å². The van der Waals surface area contributed by atoms with Gasteiger partial charge < -0.3 is 5.32 Å². The first-order valence-corrected chi connectivity index (χ1v) is 4.26. The second-order valence-electron chi connectivity index (χ2n) is 2.31. The molecule has 0 amide bonds. The van der Waals surface area contributed by atoms with Gasteiger partial charge in [0.15, 0.2) is 0 Å². The Balaban J connectivity index is 2.18. The summed E-state index contributed by atoms with van der Waals surface area (Å²) in [5.74, 6) is 0. The lowest BCUT2D eigenvalue weighted by Crippen LogP contribution is -2.43. The van der Waals surface area contributed by atoms with Crippen LogP contribution in [0.15, 0.2) is 12.0 Å². The largest absolute Gasteiger partial charge is 0.316 e. The Morgan fingerprint density at radius 2 is 2.44 bits per heavy atom. The Labute approximate surface area is 60.9 Å². The third-order valence-corrected chi connectivity index (χ3v) is 2.96. The minimum Gasteiger partial charge on any atom is -0.316 e. The molecule has 1 rings (SSSR count). The molecular weight excluding hydrogens is 130 g/mol. The molecule has 0 aromatic carbocycles. The van der Waals surface area contributed by atoms with Crippen molar-refractivity contribution in [1.29, 1.82) is 0 Å². The van der Waals surface area contributed by atoms with Crippen LogP contribution in [-0.2, 0) is 0 Å². The van der Waals surface area contributed by atoms with Gasteiger partial charge in [-0.05, 0) is 25.3 Å². The van der Waals surface area contributed by atoms with Gasteiger partial charge in [-0.3, -0.25) is 0 Å². The molecule has 1 N–H and O–H groups in total. The van der Waals surface area contributed by atoms with Gasteiger partial charge >= 0.3 is 0 Å². The first-order valence-electron chi connectivity index (χ1n) is 3.32. The molecule has 0 aliphatic heterocycles. The predicted molar refractivity (Wildman–Crippen MR) is 43.7 cm³/mol. The zero-order valence-electron chi connectivity index (χ0n) is 5.76. The van der Waals surface area contributed by atoms with Crippen LogP contribution in [0.5, 0.6) is 0 Å². The Morgan fingerprint density at radius 1 is 1.67 bits per heavy atom. The summed E-state index contributed by atoms with van der Waals surface area (Å²) in [6, 6.07) is 0.744. The summed E-state index contributed by atoms with van der Waals surface area (Å²) in [5, 5.41) is 6.00. The summed E-state index contributed by atoms with van der Waals surface area (Å²) in [5.41, 5.74) is 0. The predicted octanol–water partition coefficient (Wildman–Crippen LogP) is 1.61. The number of nitrogens with one attached hydrogen (secondary N) is 1. The van der Waals surface area contributed by atoms with Crippen LogP contribution in [-0.4, -0.2) is 18.3 Å². The second kappa shape index (κ2) is 3.28. The van der Waals surface area contributed by atoms with E-state index < -0.39 is 0 Å². The molecule has 0 aromatic rings. The van der Waals surface area contributed by atoms with Crippen molar-refractivity contribution in [1.82, 2.24) is 5.32 Å². The molecule has 0 spiro atoms. The molecule has 9 heavy (non-hydrogen) atoms. The standard InChI is InChI=1S/C7H13NS/c1-3-9-7-5-4-6(7)8-2/h3,6-8H,1,4-5H2,2H3/t6?,7-/m1/s1. The molecule has 1 aliphatic carbocycles. The van der Waals surface area contributed by atoms with Crippen LogP contribution in [0.1, 0.15) is 12.8 Å². The highest BCUT2D eigenvalue weighted by Gasteiger charge is 2.28. The van der Waals surface area contributed by atoms with Gasteiger partial charge in [0.1, 0.15) is 0 Å². The van der Waals surface area contributed by atoms with E-state index in [-0.39, 0.29) is 0 Å². The summed E-state index contributed by atoms with van der Waals surface area (Å²) in [7, 11) is 2.03. The SMILES string of the molecule is C=CS[C@@H]1CCC1NC. The van der Waals surface area contributed by atoms with E-state index in [0.29, 0.717) is 0 Å². The van der Waals surface area contributed by atoms with E-state index in [0.717, 1.165) is 11.3 Å². The van der Waals surface area contributed by atoms with E-state index in [1.165, 1.54) is 12.8 Å². The van der Waals surface area contributed by atoms with Gasteiger partial charge in [-0.1, -0.05) is 6.58 Å². The maximum atomic E-state index is 3.69. The van der Waals surface area contributed by atoms with E-state index in [9.17, 15) is 0 Å². The molecular formula is C7H13NS. The van der Waals surface area contributed by atoms with Crippen LogP contribution in [0, 0.1) is 0 Å². The summed E-state index contributed by atoms with van der Waals surface area (Å²) in [4.78, 5) is 0. The number of hydrogen-bond donors (Lipinski definition) is 1. The van der Waals surface area contributed by atoms with Crippen LogP contribution in [0.25, 0.3) is 0 Å². The van der Waals surface area contributed by atoms with Crippen LogP contribution in [0.2, 0.25) is 0 Å². The minimum absolute atomic E-state index is 0.744. The molecule has 0 heterocycles. The van der Waals surface area contributed by atoms with Crippen molar-refractivity contribution < 1.29 is 0 Å². The fourth-order valence-corrected chi connectivity index (χ4v) is 2.07. The Morgan fingerprint density at radius 3 is 2.78 bits per heavy atom. The molecule has 0 aromatic heterocycles. The van der Waals surface area contributed by atoms with Crippen LogP contribution in [0.3, 0.4) is 0 Å². The van der Waals surface area contributed by atoms with Crippen molar-refractivity contribution in [2.24, 2.45) is 0 Å². The van der Waals surface area contributed by atoms with Gasteiger partial charge in [-0.25, -0.2) is 0 Å². The summed E-state index contributed by atoms with van der Waals surface area (Å²) in [6.07, 6.45) is 2.68. The molecule has 52 valence electrons. The Hall–Kier alpha value is 0.0500. The van der Waals surface area contributed by atoms with Crippen LogP contribution < -0.4 is 5.32 Å². The van der Waals surface area contributed by atoms with Crippen molar-refractivity contribution in [3.63, 3.8) is 0 Å². The van der Waals surface area contributed by atoms with E-state index in [2.05, 4.69) is 11.9 Å². The molecule has 1 aliphatic rings. The molecule has 0 saturated heterocycles. The second-order valence-corrected chi connectivity index (χ2v) is 3.52. The van der Waals surface area contributed by atoms with Crippen molar-refractivity contribution in [3.05, 3.63) is 12.0 Å². The molecule has 1 nitrogen and oxygen atoms in total. The molecule has 1 unspecified atom stereocenters. The Kier molecular flexibility index (Phi) is 2.61. The van der Waals surface area contributed by atoms with E-state index in [4.69, 9.17) is 0 Å². The molecule has 0 bridgehead atoms. The van der Waals surface area contributed by atoms with Gasteiger partial charge in [0.25, 0.3) is 0 Å². The first kappa shape index (κ1) is 7.16. The van der Waals surface area contributed by atoms with Crippen molar-refractivity contribution in [2.75, 3.05) is 7.05 Å². The molecule has 0 radical (unpaired) electrons. The quantitative estimate of drug-likeness (QED) is 0.644. The monoisotopic (exact) mass is 143 g/mol. The average Bonchev–Trinajstić information content (AvgIpc) is 1.82. The third-order valence-electron chi connectivity index (χ3n) is 1.85. The van der Waals surface area contributed by atoms with Crippen LogP contribution >= 0.6 is 11.8 Å². The van der Waals surface area contributed by atoms with Crippen molar-refractivity contribution >= 4 is 11.8 Å². The third kappa shape index (κ3) is 1.49. The highest BCUT2D eigenvalue weighted by Crippen LogP contribution is 2.31. The highest BCUT2D eigenvalue weighted by atomic mass is 32.2. The zero-order valence-corrected chi connectivity index (χ0v) is 6.58. The van der Waals surface area contributed by atoms with Crippen LogP contribution in [0.4, 0.5) is 0 Å². The molecule has 1 saturated carbocycles. The molecule has 1 fully saturated rings. The average molecular weight is 143 g/mol. The van der Waals surface area contributed by atoms with Crippen molar-refractivity contribution in [2.45, 2.75) is 24.1 Å². The number of rotatable bonds is 3. The lowest BCUT2D eigenvalue weighted by Gasteiger charge is -2.34. The lowest BCUT2D eigenvalue weighted by molar-refractivity contribution is 0.377. The topological polar surface area (TPSA) is 12.0 Å². The maximum absolute atomic E-state index is 3.69. The fourth-order valence-electron chi connectivity index (χ4n) is 1.09.